The van der Waals surface area contributed by atoms with E-state index in [0.717, 1.165) is 21.7 Å². The zero-order valence-corrected chi connectivity index (χ0v) is 12.5. The molecule has 0 saturated carbocycles. The average Bonchev–Trinajstić information content (AvgIpc) is 2.97. The van der Waals surface area contributed by atoms with Gasteiger partial charge in [0.2, 0.25) is 0 Å². The van der Waals surface area contributed by atoms with Crippen LogP contribution in [0, 0.1) is 0 Å². The van der Waals surface area contributed by atoms with Crippen molar-refractivity contribution in [1.29, 1.82) is 0 Å². The highest BCUT2D eigenvalue weighted by Crippen LogP contribution is 2.27. The minimum Gasteiger partial charge on any atom is -0.345 e. The van der Waals surface area contributed by atoms with E-state index in [0.29, 0.717) is 5.56 Å². The highest BCUT2D eigenvalue weighted by Gasteiger charge is 2.08. The summed E-state index contributed by atoms with van der Waals surface area (Å²) in [5.41, 5.74) is 2.48. The predicted molar refractivity (Wildman–Crippen MR) is 85.2 cm³/mol. The summed E-state index contributed by atoms with van der Waals surface area (Å²) >= 11 is 1.60. The molecule has 1 aromatic carbocycles. The van der Waals surface area contributed by atoms with Gasteiger partial charge in [0.05, 0.1) is 10.2 Å². The Hall–Kier alpha value is -2.47. The number of carbonyl (C=O) groups is 1. The van der Waals surface area contributed by atoms with Crippen LogP contribution in [-0.4, -0.2) is 34.9 Å². The van der Waals surface area contributed by atoms with Crippen molar-refractivity contribution in [3.05, 3.63) is 47.6 Å². The Balaban J connectivity index is 1.85. The van der Waals surface area contributed by atoms with Gasteiger partial charge in [-0.25, -0.2) is 9.97 Å². The van der Waals surface area contributed by atoms with Gasteiger partial charge in [-0.05, 0) is 35.7 Å². The van der Waals surface area contributed by atoms with Crippen LogP contribution in [0.25, 0.3) is 10.2 Å². The smallest absolute Gasteiger partial charge is 0.253 e. The fourth-order valence-electron chi connectivity index (χ4n) is 1.97. The number of thiophene rings is 1. The van der Waals surface area contributed by atoms with E-state index in [1.54, 1.807) is 48.8 Å². The van der Waals surface area contributed by atoms with Gasteiger partial charge in [0.1, 0.15) is 6.33 Å². The number of nitrogens with zero attached hydrogens (tertiary/aromatic N) is 3. The molecule has 0 atom stereocenters. The molecule has 2 aromatic heterocycles. The van der Waals surface area contributed by atoms with Crippen LogP contribution in [0.2, 0.25) is 0 Å². The Labute approximate surface area is 126 Å². The molecule has 5 nitrogen and oxygen atoms in total. The molecule has 0 unspecified atom stereocenters. The summed E-state index contributed by atoms with van der Waals surface area (Å²) in [4.78, 5) is 21.9. The lowest BCUT2D eigenvalue weighted by molar-refractivity contribution is 0.0827. The SMILES string of the molecule is CN(C)C(=O)c1ccc(Nc2ncnc3ccsc23)cc1. The minimum atomic E-state index is -0.00997. The standard InChI is InChI=1S/C15H14N4OS/c1-19(2)15(20)10-3-5-11(6-4-10)18-14-13-12(7-8-21-13)16-9-17-14/h3-9H,1-2H3,(H,16,17,18). The monoisotopic (exact) mass is 298 g/mol. The Morgan fingerprint density at radius 2 is 1.90 bits per heavy atom. The van der Waals surface area contributed by atoms with Crippen LogP contribution in [-0.2, 0) is 0 Å². The van der Waals surface area contributed by atoms with E-state index < -0.39 is 0 Å². The van der Waals surface area contributed by atoms with E-state index >= 15 is 0 Å². The maximum atomic E-state index is 11.8. The third-order valence-electron chi connectivity index (χ3n) is 3.04. The van der Waals surface area contributed by atoms with E-state index in [-0.39, 0.29) is 5.91 Å². The molecule has 0 spiro atoms. The predicted octanol–water partition coefficient (Wildman–Crippen LogP) is 3.14. The fourth-order valence-corrected chi connectivity index (χ4v) is 2.76. The van der Waals surface area contributed by atoms with Gasteiger partial charge in [0, 0.05) is 25.3 Å². The van der Waals surface area contributed by atoms with Crippen molar-refractivity contribution < 1.29 is 4.79 Å². The molecule has 3 rings (SSSR count). The lowest BCUT2D eigenvalue weighted by atomic mass is 10.2. The lowest BCUT2D eigenvalue weighted by Gasteiger charge is -2.11. The van der Waals surface area contributed by atoms with Crippen molar-refractivity contribution >= 4 is 39.0 Å². The molecule has 0 fully saturated rings. The third kappa shape index (κ3) is 2.71. The fraction of sp³-hybridized carbons (Fsp3) is 0.133. The van der Waals surface area contributed by atoms with Crippen LogP contribution < -0.4 is 5.32 Å². The number of rotatable bonds is 3. The van der Waals surface area contributed by atoms with Gasteiger partial charge < -0.3 is 10.2 Å². The molecular formula is C15H14N4OS. The summed E-state index contributed by atoms with van der Waals surface area (Å²) in [6, 6.07) is 9.32. The van der Waals surface area contributed by atoms with Gasteiger partial charge in [-0.1, -0.05) is 0 Å². The van der Waals surface area contributed by atoms with Gasteiger partial charge >= 0.3 is 0 Å². The molecule has 0 aliphatic rings. The van der Waals surface area contributed by atoms with E-state index in [1.807, 2.05) is 23.6 Å². The van der Waals surface area contributed by atoms with Crippen molar-refractivity contribution in [1.82, 2.24) is 14.9 Å². The summed E-state index contributed by atoms with van der Waals surface area (Å²) in [5.74, 6) is 0.769. The summed E-state index contributed by atoms with van der Waals surface area (Å²) in [6.45, 7) is 0. The molecule has 0 aliphatic heterocycles. The number of fused-ring (bicyclic) bond motifs is 1. The molecule has 6 heteroatoms. The van der Waals surface area contributed by atoms with Gasteiger partial charge in [-0.2, -0.15) is 0 Å². The molecule has 21 heavy (non-hydrogen) atoms. The number of anilines is 2. The summed E-state index contributed by atoms with van der Waals surface area (Å²) in [6.07, 6.45) is 1.54. The Morgan fingerprint density at radius 3 is 2.62 bits per heavy atom. The number of hydrogen-bond donors (Lipinski definition) is 1. The van der Waals surface area contributed by atoms with Gasteiger partial charge in [-0.15, -0.1) is 11.3 Å². The molecule has 2 heterocycles. The van der Waals surface area contributed by atoms with Crippen molar-refractivity contribution in [3.63, 3.8) is 0 Å². The average molecular weight is 298 g/mol. The van der Waals surface area contributed by atoms with Crippen LogP contribution in [0.3, 0.4) is 0 Å². The molecule has 3 aromatic rings. The van der Waals surface area contributed by atoms with Crippen LogP contribution in [0.1, 0.15) is 10.4 Å². The molecule has 1 N–H and O–H groups in total. The zero-order chi connectivity index (χ0) is 14.8. The lowest BCUT2D eigenvalue weighted by Crippen LogP contribution is -2.21. The van der Waals surface area contributed by atoms with E-state index in [2.05, 4.69) is 15.3 Å². The van der Waals surface area contributed by atoms with Crippen LogP contribution in [0.15, 0.2) is 42.0 Å². The zero-order valence-electron chi connectivity index (χ0n) is 11.7. The number of nitrogens with one attached hydrogen (secondary N) is 1. The second-order valence-electron chi connectivity index (χ2n) is 4.76. The molecular weight excluding hydrogens is 284 g/mol. The molecule has 0 aliphatic carbocycles. The number of benzene rings is 1. The number of aromatic nitrogens is 2. The summed E-state index contributed by atoms with van der Waals surface area (Å²) in [5, 5.41) is 5.25. The van der Waals surface area contributed by atoms with Crippen LogP contribution in [0.4, 0.5) is 11.5 Å². The normalized spacial score (nSPS) is 10.6. The van der Waals surface area contributed by atoms with E-state index in [9.17, 15) is 4.79 Å². The summed E-state index contributed by atoms with van der Waals surface area (Å²) < 4.78 is 1.02. The highest BCUT2D eigenvalue weighted by molar-refractivity contribution is 7.17. The molecule has 0 radical (unpaired) electrons. The molecule has 1 amide bonds. The molecule has 0 bridgehead atoms. The van der Waals surface area contributed by atoms with Crippen molar-refractivity contribution in [2.75, 3.05) is 19.4 Å². The van der Waals surface area contributed by atoms with E-state index in [4.69, 9.17) is 0 Å². The molecule has 0 saturated heterocycles. The largest absolute Gasteiger partial charge is 0.345 e. The van der Waals surface area contributed by atoms with Gasteiger partial charge in [0.15, 0.2) is 5.82 Å². The first-order valence-corrected chi connectivity index (χ1v) is 7.30. The minimum absolute atomic E-state index is 0.00997. The Bertz CT molecular complexity index is 780. The second-order valence-corrected chi connectivity index (χ2v) is 5.68. The maximum Gasteiger partial charge on any atom is 0.253 e. The van der Waals surface area contributed by atoms with Crippen molar-refractivity contribution in [3.8, 4) is 0 Å². The Morgan fingerprint density at radius 1 is 1.14 bits per heavy atom. The molecule has 106 valence electrons. The number of hydrogen-bond acceptors (Lipinski definition) is 5. The number of carbonyl (C=O) groups excluding carboxylic acids is 1. The van der Waals surface area contributed by atoms with Gasteiger partial charge in [0.25, 0.3) is 5.91 Å². The number of amides is 1. The summed E-state index contributed by atoms with van der Waals surface area (Å²) in [7, 11) is 3.48. The Kier molecular flexibility index (Phi) is 3.53. The highest BCUT2D eigenvalue weighted by atomic mass is 32.1. The maximum absolute atomic E-state index is 11.8. The van der Waals surface area contributed by atoms with Crippen LogP contribution in [0.5, 0.6) is 0 Å². The van der Waals surface area contributed by atoms with E-state index in [1.165, 1.54) is 0 Å². The topological polar surface area (TPSA) is 58.1 Å². The van der Waals surface area contributed by atoms with Crippen molar-refractivity contribution in [2.45, 2.75) is 0 Å². The quantitative estimate of drug-likeness (QED) is 0.807. The first-order valence-electron chi connectivity index (χ1n) is 6.42. The van der Waals surface area contributed by atoms with Crippen LogP contribution >= 0.6 is 11.3 Å². The first-order chi connectivity index (χ1) is 10.1. The van der Waals surface area contributed by atoms with Gasteiger partial charge in [-0.3, -0.25) is 4.79 Å². The first kappa shape index (κ1) is 13.5. The second kappa shape index (κ2) is 5.49. The third-order valence-corrected chi connectivity index (χ3v) is 3.95. The van der Waals surface area contributed by atoms with Crippen molar-refractivity contribution in [2.24, 2.45) is 0 Å².